The lowest BCUT2D eigenvalue weighted by Gasteiger charge is -2.33. The Morgan fingerprint density at radius 3 is 2.86 bits per heavy atom. The van der Waals surface area contributed by atoms with Crippen LogP contribution in [0.2, 0.25) is 0 Å². The van der Waals surface area contributed by atoms with Crippen molar-refractivity contribution in [3.05, 3.63) is 23.8 Å². The first kappa shape index (κ1) is 18.5. The molecule has 2 N–H and O–H groups in total. The van der Waals surface area contributed by atoms with Gasteiger partial charge in [0, 0.05) is 44.3 Å². The molecule has 3 aliphatic rings. The molecule has 3 fully saturated rings. The SMILES string of the molecule is COc1ccc(C(=O)N2C[C@H]3COCC[C@@]3(C(=O)O)C2)cc1N1CCNC1=O. The molecule has 0 radical (unpaired) electrons. The Hall–Kier alpha value is -2.81. The Morgan fingerprint density at radius 1 is 1.39 bits per heavy atom. The van der Waals surface area contributed by atoms with Crippen molar-refractivity contribution >= 4 is 23.6 Å². The fraction of sp³-hybridized carbons (Fsp3) is 0.526. The van der Waals surface area contributed by atoms with Crippen LogP contribution in [0.3, 0.4) is 0 Å². The van der Waals surface area contributed by atoms with Crippen LogP contribution < -0.4 is 15.0 Å². The second kappa shape index (κ2) is 6.97. The summed E-state index contributed by atoms with van der Waals surface area (Å²) in [6, 6.07) is 4.70. The first-order chi connectivity index (χ1) is 13.5. The van der Waals surface area contributed by atoms with Crippen LogP contribution in [-0.4, -0.2) is 74.4 Å². The van der Waals surface area contributed by atoms with Crippen molar-refractivity contribution < 1.29 is 29.0 Å². The molecule has 3 aliphatic heterocycles. The number of anilines is 1. The lowest BCUT2D eigenvalue weighted by Crippen LogP contribution is -2.45. The Morgan fingerprint density at radius 2 is 2.21 bits per heavy atom. The average molecular weight is 389 g/mol. The van der Waals surface area contributed by atoms with Crippen molar-refractivity contribution in [3.63, 3.8) is 0 Å². The van der Waals surface area contributed by atoms with Gasteiger partial charge in [0.05, 0.1) is 24.8 Å². The number of methoxy groups -OCH3 is 1. The van der Waals surface area contributed by atoms with Gasteiger partial charge in [0.15, 0.2) is 0 Å². The highest BCUT2D eigenvalue weighted by Gasteiger charge is 2.55. The topological polar surface area (TPSA) is 108 Å². The van der Waals surface area contributed by atoms with Crippen LogP contribution in [0.5, 0.6) is 5.75 Å². The number of hydrogen-bond donors (Lipinski definition) is 2. The van der Waals surface area contributed by atoms with E-state index in [1.54, 1.807) is 23.1 Å². The van der Waals surface area contributed by atoms with Crippen LogP contribution >= 0.6 is 0 Å². The minimum absolute atomic E-state index is 0.167. The molecule has 0 aliphatic carbocycles. The van der Waals surface area contributed by atoms with E-state index in [9.17, 15) is 19.5 Å². The molecule has 3 amide bonds. The number of ether oxygens (including phenoxy) is 2. The number of benzene rings is 1. The summed E-state index contributed by atoms with van der Waals surface area (Å²) in [4.78, 5) is 40.3. The smallest absolute Gasteiger partial charge is 0.322 e. The van der Waals surface area contributed by atoms with Gasteiger partial charge in [-0.3, -0.25) is 14.5 Å². The summed E-state index contributed by atoms with van der Waals surface area (Å²) in [6.45, 7) is 2.25. The minimum atomic E-state index is -0.946. The van der Waals surface area contributed by atoms with Crippen molar-refractivity contribution in [1.29, 1.82) is 0 Å². The number of carboxylic acid groups (broad SMARTS) is 1. The molecular formula is C19H23N3O6. The molecule has 0 spiro atoms. The normalized spacial score (nSPS) is 26.8. The number of carboxylic acids is 1. The van der Waals surface area contributed by atoms with Crippen LogP contribution in [0.25, 0.3) is 0 Å². The first-order valence-corrected chi connectivity index (χ1v) is 9.30. The predicted octanol–water partition coefficient (Wildman–Crippen LogP) is 0.788. The van der Waals surface area contributed by atoms with E-state index in [-0.39, 0.29) is 24.4 Å². The van der Waals surface area contributed by atoms with Gasteiger partial charge in [0.2, 0.25) is 0 Å². The van der Waals surface area contributed by atoms with Crippen LogP contribution in [0, 0.1) is 11.3 Å². The van der Waals surface area contributed by atoms with Gasteiger partial charge in [-0.15, -0.1) is 0 Å². The van der Waals surface area contributed by atoms with Crippen molar-refractivity contribution in [2.45, 2.75) is 6.42 Å². The van der Waals surface area contributed by atoms with E-state index < -0.39 is 11.4 Å². The fourth-order valence-corrected chi connectivity index (χ4v) is 4.37. The van der Waals surface area contributed by atoms with Crippen molar-refractivity contribution in [1.82, 2.24) is 10.2 Å². The Bertz CT molecular complexity index is 828. The van der Waals surface area contributed by atoms with Crippen molar-refractivity contribution in [2.75, 3.05) is 51.4 Å². The number of carbonyl (C=O) groups is 3. The predicted molar refractivity (Wildman–Crippen MR) is 98.6 cm³/mol. The number of nitrogens with zero attached hydrogens (tertiary/aromatic N) is 2. The molecule has 0 unspecified atom stereocenters. The van der Waals surface area contributed by atoms with E-state index in [1.165, 1.54) is 12.0 Å². The molecular weight excluding hydrogens is 366 g/mol. The highest BCUT2D eigenvalue weighted by atomic mass is 16.5. The van der Waals surface area contributed by atoms with E-state index in [2.05, 4.69) is 5.32 Å². The highest BCUT2D eigenvalue weighted by molar-refractivity contribution is 6.00. The largest absolute Gasteiger partial charge is 0.495 e. The summed E-state index contributed by atoms with van der Waals surface area (Å²) >= 11 is 0. The number of fused-ring (bicyclic) bond motifs is 1. The molecule has 0 aromatic heterocycles. The van der Waals surface area contributed by atoms with Gasteiger partial charge < -0.3 is 24.8 Å². The summed E-state index contributed by atoms with van der Waals surface area (Å²) in [5.41, 5.74) is -0.0234. The van der Waals surface area contributed by atoms with E-state index in [1.807, 2.05) is 0 Å². The second-order valence-electron chi connectivity index (χ2n) is 7.44. The van der Waals surface area contributed by atoms with Crippen LogP contribution in [0.1, 0.15) is 16.8 Å². The zero-order valence-electron chi connectivity index (χ0n) is 15.6. The number of likely N-dealkylation sites (tertiary alicyclic amines) is 1. The zero-order valence-corrected chi connectivity index (χ0v) is 15.6. The molecule has 0 saturated carbocycles. The first-order valence-electron chi connectivity index (χ1n) is 9.30. The third-order valence-corrected chi connectivity index (χ3v) is 5.99. The molecule has 3 saturated heterocycles. The lowest BCUT2D eigenvalue weighted by atomic mass is 9.74. The third kappa shape index (κ3) is 2.86. The maximum atomic E-state index is 13.1. The summed E-state index contributed by atoms with van der Waals surface area (Å²) in [5, 5.41) is 12.5. The van der Waals surface area contributed by atoms with Crippen LogP contribution in [0.4, 0.5) is 10.5 Å². The number of amides is 3. The number of aliphatic carboxylic acids is 1. The van der Waals surface area contributed by atoms with E-state index in [0.29, 0.717) is 56.3 Å². The Labute approximate surface area is 162 Å². The minimum Gasteiger partial charge on any atom is -0.495 e. The number of carbonyl (C=O) groups excluding carboxylic acids is 2. The van der Waals surface area contributed by atoms with Crippen molar-refractivity contribution in [3.8, 4) is 5.75 Å². The van der Waals surface area contributed by atoms with E-state index in [4.69, 9.17) is 9.47 Å². The molecule has 4 rings (SSSR count). The van der Waals surface area contributed by atoms with Crippen LogP contribution in [-0.2, 0) is 9.53 Å². The van der Waals surface area contributed by atoms with Gasteiger partial charge in [-0.2, -0.15) is 0 Å². The molecule has 1 aromatic rings. The van der Waals surface area contributed by atoms with E-state index >= 15 is 0 Å². The van der Waals surface area contributed by atoms with Gasteiger partial charge in [-0.25, -0.2) is 4.79 Å². The number of rotatable bonds is 4. The monoisotopic (exact) mass is 389 g/mol. The maximum Gasteiger partial charge on any atom is 0.322 e. The average Bonchev–Trinajstić information content (AvgIpc) is 3.31. The van der Waals surface area contributed by atoms with E-state index in [0.717, 1.165) is 0 Å². The van der Waals surface area contributed by atoms with Gasteiger partial charge in [0.25, 0.3) is 5.91 Å². The lowest BCUT2D eigenvalue weighted by molar-refractivity contribution is -0.157. The Kier molecular flexibility index (Phi) is 4.62. The van der Waals surface area contributed by atoms with Gasteiger partial charge in [-0.05, 0) is 24.6 Å². The molecule has 28 heavy (non-hydrogen) atoms. The van der Waals surface area contributed by atoms with Gasteiger partial charge in [-0.1, -0.05) is 0 Å². The van der Waals surface area contributed by atoms with Crippen LogP contribution in [0.15, 0.2) is 18.2 Å². The standard InChI is InChI=1S/C19H23N3O6/c1-27-15-3-2-12(8-14(15)22-6-5-20-18(22)26)16(23)21-9-13-10-28-7-4-19(13,11-21)17(24)25/h2-3,8,13H,4-7,9-11H2,1H3,(H,20,26)(H,24,25)/t13-,19+/m0/s1. The molecule has 3 heterocycles. The zero-order chi connectivity index (χ0) is 19.9. The fourth-order valence-electron chi connectivity index (χ4n) is 4.37. The summed E-state index contributed by atoms with van der Waals surface area (Å²) in [5.74, 6) is -0.845. The summed E-state index contributed by atoms with van der Waals surface area (Å²) < 4.78 is 10.8. The molecule has 9 heteroatoms. The molecule has 9 nitrogen and oxygen atoms in total. The number of nitrogens with one attached hydrogen (secondary N) is 1. The van der Waals surface area contributed by atoms with Crippen molar-refractivity contribution in [2.24, 2.45) is 11.3 Å². The summed E-state index contributed by atoms with van der Waals surface area (Å²) in [6.07, 6.45) is 0.401. The molecule has 1 aromatic carbocycles. The quantitative estimate of drug-likeness (QED) is 0.788. The summed E-state index contributed by atoms with van der Waals surface area (Å²) in [7, 11) is 1.51. The maximum absolute atomic E-state index is 13.1. The highest BCUT2D eigenvalue weighted by Crippen LogP contribution is 2.43. The third-order valence-electron chi connectivity index (χ3n) is 5.99. The van der Waals surface area contributed by atoms with Gasteiger partial charge in [0.1, 0.15) is 5.75 Å². The number of urea groups is 1. The molecule has 0 bridgehead atoms. The van der Waals surface area contributed by atoms with Gasteiger partial charge >= 0.3 is 12.0 Å². The molecule has 150 valence electrons. The molecule has 2 atom stereocenters. The second-order valence-corrected chi connectivity index (χ2v) is 7.44. The number of hydrogen-bond acceptors (Lipinski definition) is 5. The Balaban J connectivity index is 1.62.